The molecule has 0 radical (unpaired) electrons. The summed E-state index contributed by atoms with van der Waals surface area (Å²) in [5, 5.41) is 10.4. The molecule has 0 aliphatic carbocycles. The summed E-state index contributed by atoms with van der Waals surface area (Å²) < 4.78 is 2.67. The highest BCUT2D eigenvalue weighted by atomic mass is 32.1. The second-order valence-corrected chi connectivity index (χ2v) is 12.4. The van der Waals surface area contributed by atoms with Crippen molar-refractivity contribution in [1.82, 2.24) is 0 Å². The van der Waals surface area contributed by atoms with Crippen LogP contribution in [-0.4, -0.2) is 0 Å². The Labute approximate surface area is 259 Å². The molecule has 0 unspecified atom stereocenters. The molecule has 0 saturated carbocycles. The van der Waals surface area contributed by atoms with Crippen molar-refractivity contribution in [3.63, 3.8) is 0 Å². The van der Waals surface area contributed by atoms with Crippen molar-refractivity contribution in [3.05, 3.63) is 164 Å². The van der Waals surface area contributed by atoms with E-state index in [4.69, 9.17) is 0 Å². The Bertz CT molecular complexity index is 2490. The van der Waals surface area contributed by atoms with Crippen LogP contribution in [0, 0.1) is 0 Å². The fourth-order valence-corrected chi connectivity index (χ4v) is 7.97. The van der Waals surface area contributed by atoms with E-state index >= 15 is 0 Å². The first-order valence-electron chi connectivity index (χ1n) is 15.0. The molecule has 0 saturated heterocycles. The second-order valence-electron chi connectivity index (χ2n) is 11.4. The first kappa shape index (κ1) is 25.1. The van der Waals surface area contributed by atoms with Crippen LogP contribution in [0.4, 0.5) is 17.1 Å². The SMILES string of the molecule is c1ccc(-c2ccc(N(c3ccc4ccccc4c3)c3ccc4sc5c6ccccc6c6ccccc6c5c4c3)cc2)cc1. The van der Waals surface area contributed by atoms with Crippen LogP contribution in [0.2, 0.25) is 0 Å². The summed E-state index contributed by atoms with van der Waals surface area (Å²) in [6, 6.07) is 59.6. The molecule has 9 aromatic rings. The van der Waals surface area contributed by atoms with Gasteiger partial charge in [0.05, 0.1) is 0 Å². The van der Waals surface area contributed by atoms with Gasteiger partial charge in [0, 0.05) is 42.6 Å². The van der Waals surface area contributed by atoms with Gasteiger partial charge in [-0.15, -0.1) is 11.3 Å². The van der Waals surface area contributed by atoms with Gasteiger partial charge in [0.25, 0.3) is 0 Å². The summed E-state index contributed by atoms with van der Waals surface area (Å²) in [7, 11) is 0. The zero-order chi connectivity index (χ0) is 29.0. The van der Waals surface area contributed by atoms with Crippen LogP contribution >= 0.6 is 11.3 Å². The molecule has 206 valence electrons. The lowest BCUT2D eigenvalue weighted by atomic mass is 9.97. The van der Waals surface area contributed by atoms with Crippen molar-refractivity contribution in [1.29, 1.82) is 0 Å². The van der Waals surface area contributed by atoms with E-state index in [1.165, 1.54) is 63.6 Å². The number of fused-ring (bicyclic) bond motifs is 9. The Balaban J connectivity index is 1.29. The van der Waals surface area contributed by atoms with Crippen LogP contribution in [0.15, 0.2) is 164 Å². The minimum Gasteiger partial charge on any atom is -0.310 e. The maximum atomic E-state index is 2.40. The van der Waals surface area contributed by atoms with Gasteiger partial charge in [-0.1, -0.05) is 121 Å². The minimum absolute atomic E-state index is 1.13. The van der Waals surface area contributed by atoms with E-state index in [1.54, 1.807) is 0 Å². The monoisotopic (exact) mass is 577 g/mol. The molecule has 0 aliphatic heterocycles. The molecule has 8 aromatic carbocycles. The molecule has 0 aliphatic rings. The van der Waals surface area contributed by atoms with Gasteiger partial charge in [0.2, 0.25) is 0 Å². The van der Waals surface area contributed by atoms with Crippen molar-refractivity contribution in [2.75, 3.05) is 4.90 Å². The Hall–Kier alpha value is -5.44. The van der Waals surface area contributed by atoms with Crippen molar-refractivity contribution in [2.24, 2.45) is 0 Å². The molecule has 1 heterocycles. The van der Waals surface area contributed by atoms with Crippen molar-refractivity contribution < 1.29 is 0 Å². The number of hydrogen-bond acceptors (Lipinski definition) is 2. The van der Waals surface area contributed by atoms with Crippen LogP contribution in [0.3, 0.4) is 0 Å². The standard InChI is InChI=1S/C42H27NS/c1-2-10-28(11-3-1)30-18-21-32(22-19-30)43(33-23-20-29-12-4-5-13-31(29)26-33)34-24-25-40-39(27-34)41-37-16-8-6-14-35(37)36-15-7-9-17-38(36)42(41)44-40/h1-27H. The van der Waals surface area contributed by atoms with Crippen LogP contribution in [-0.2, 0) is 0 Å². The fourth-order valence-electron chi connectivity index (χ4n) is 6.73. The van der Waals surface area contributed by atoms with Crippen molar-refractivity contribution in [2.45, 2.75) is 0 Å². The summed E-state index contributed by atoms with van der Waals surface area (Å²) in [6.07, 6.45) is 0. The third kappa shape index (κ3) is 4.00. The van der Waals surface area contributed by atoms with Gasteiger partial charge in [0.1, 0.15) is 0 Å². The molecule has 0 atom stereocenters. The van der Waals surface area contributed by atoms with Gasteiger partial charge in [0.15, 0.2) is 0 Å². The maximum Gasteiger partial charge on any atom is 0.0468 e. The molecule has 2 heteroatoms. The molecular formula is C42H27NS. The lowest BCUT2D eigenvalue weighted by Crippen LogP contribution is -2.09. The summed E-state index contributed by atoms with van der Waals surface area (Å²) in [4.78, 5) is 2.40. The molecular weight excluding hydrogens is 551 g/mol. The van der Waals surface area contributed by atoms with Crippen LogP contribution in [0.5, 0.6) is 0 Å². The van der Waals surface area contributed by atoms with Crippen LogP contribution < -0.4 is 4.90 Å². The fraction of sp³-hybridized carbons (Fsp3) is 0. The van der Waals surface area contributed by atoms with Crippen molar-refractivity contribution in [3.8, 4) is 11.1 Å². The third-order valence-corrected chi connectivity index (χ3v) is 10.0. The average molecular weight is 578 g/mol. The zero-order valence-electron chi connectivity index (χ0n) is 23.9. The smallest absolute Gasteiger partial charge is 0.0468 e. The largest absolute Gasteiger partial charge is 0.310 e. The van der Waals surface area contributed by atoms with Gasteiger partial charge in [-0.3, -0.25) is 0 Å². The highest BCUT2D eigenvalue weighted by Gasteiger charge is 2.18. The Kier molecular flexibility index (Phi) is 5.75. The predicted octanol–water partition coefficient (Wildman–Crippen LogP) is 12.7. The lowest BCUT2D eigenvalue weighted by Gasteiger charge is -2.26. The van der Waals surface area contributed by atoms with E-state index in [2.05, 4.69) is 169 Å². The summed E-state index contributed by atoms with van der Waals surface area (Å²) in [5.41, 5.74) is 5.86. The van der Waals surface area contributed by atoms with E-state index in [1.807, 2.05) is 11.3 Å². The molecule has 9 rings (SSSR count). The quantitative estimate of drug-likeness (QED) is 0.188. The lowest BCUT2D eigenvalue weighted by molar-refractivity contribution is 1.30. The first-order chi connectivity index (χ1) is 21.8. The Morgan fingerprint density at radius 1 is 0.364 bits per heavy atom. The molecule has 0 amide bonds. The van der Waals surface area contributed by atoms with E-state index in [0.717, 1.165) is 17.1 Å². The molecule has 1 aromatic heterocycles. The number of hydrogen-bond donors (Lipinski definition) is 0. The van der Waals surface area contributed by atoms with Crippen LogP contribution in [0.1, 0.15) is 0 Å². The highest BCUT2D eigenvalue weighted by molar-refractivity contribution is 7.27. The summed E-state index contributed by atoms with van der Waals surface area (Å²) in [5.74, 6) is 0. The second kappa shape index (κ2) is 10.1. The van der Waals surface area contributed by atoms with E-state index in [9.17, 15) is 0 Å². The predicted molar refractivity (Wildman–Crippen MR) is 192 cm³/mol. The highest BCUT2D eigenvalue weighted by Crippen LogP contribution is 2.46. The molecule has 1 nitrogen and oxygen atoms in total. The summed E-state index contributed by atoms with van der Waals surface area (Å²) >= 11 is 1.90. The van der Waals surface area contributed by atoms with E-state index < -0.39 is 0 Å². The normalized spacial score (nSPS) is 11.6. The zero-order valence-corrected chi connectivity index (χ0v) is 24.8. The van der Waals surface area contributed by atoms with Gasteiger partial charge >= 0.3 is 0 Å². The number of benzene rings is 8. The first-order valence-corrected chi connectivity index (χ1v) is 15.8. The van der Waals surface area contributed by atoms with Gasteiger partial charge < -0.3 is 4.90 Å². The molecule has 44 heavy (non-hydrogen) atoms. The molecule has 0 bridgehead atoms. The van der Waals surface area contributed by atoms with Gasteiger partial charge in [-0.2, -0.15) is 0 Å². The van der Waals surface area contributed by atoms with Crippen molar-refractivity contribution >= 4 is 80.9 Å². The third-order valence-electron chi connectivity index (χ3n) is 8.81. The Morgan fingerprint density at radius 3 is 1.73 bits per heavy atom. The molecule has 0 fully saturated rings. The maximum absolute atomic E-state index is 2.40. The number of nitrogens with zero attached hydrogens (tertiary/aromatic N) is 1. The van der Waals surface area contributed by atoms with E-state index in [0.29, 0.717) is 0 Å². The number of rotatable bonds is 4. The summed E-state index contributed by atoms with van der Waals surface area (Å²) in [6.45, 7) is 0. The molecule has 0 spiro atoms. The Morgan fingerprint density at radius 2 is 0.932 bits per heavy atom. The number of anilines is 3. The van der Waals surface area contributed by atoms with E-state index in [-0.39, 0.29) is 0 Å². The topological polar surface area (TPSA) is 3.24 Å². The van der Waals surface area contributed by atoms with Gasteiger partial charge in [-0.05, 0) is 80.5 Å². The van der Waals surface area contributed by atoms with Crippen LogP contribution in [0.25, 0.3) is 63.6 Å². The minimum atomic E-state index is 1.13. The average Bonchev–Trinajstić information content (AvgIpc) is 3.49. The number of thiophene rings is 1. The van der Waals surface area contributed by atoms with Gasteiger partial charge in [-0.25, -0.2) is 0 Å². The molecule has 0 N–H and O–H groups in total.